The number of fused-ring (bicyclic) bond motifs is 1. The maximum absolute atomic E-state index is 12.5. The van der Waals surface area contributed by atoms with Crippen LogP contribution < -0.4 is 10.2 Å². The number of carbonyl (C=O) groups excluding carboxylic acids is 3. The predicted octanol–water partition coefficient (Wildman–Crippen LogP) is 0.285. The van der Waals surface area contributed by atoms with Gasteiger partial charge in [-0.2, -0.15) is 0 Å². The second-order valence-corrected chi connectivity index (χ2v) is 6.68. The van der Waals surface area contributed by atoms with Crippen LogP contribution in [0.15, 0.2) is 54.6 Å². The van der Waals surface area contributed by atoms with Gasteiger partial charge in [-0.1, -0.05) is 42.5 Å². The van der Waals surface area contributed by atoms with Gasteiger partial charge in [-0.05, 0) is 17.7 Å². The van der Waals surface area contributed by atoms with Gasteiger partial charge in [0.2, 0.25) is 5.91 Å². The Hall–Kier alpha value is -2.99. The van der Waals surface area contributed by atoms with Gasteiger partial charge in [-0.25, -0.2) is 0 Å². The van der Waals surface area contributed by atoms with Gasteiger partial charge >= 0.3 is 0 Å². The molecular formula is C20H22N3O3+. The SMILES string of the molecule is C[NH+](C)C[C@@H](NC(=O)CN1C(=O)c2ccccc2C1=O)c1ccccc1. The van der Waals surface area contributed by atoms with Crippen molar-refractivity contribution < 1.29 is 19.3 Å². The highest BCUT2D eigenvalue weighted by atomic mass is 16.2. The number of carbonyl (C=O) groups is 3. The molecule has 0 bridgehead atoms. The van der Waals surface area contributed by atoms with E-state index in [1.807, 2.05) is 44.4 Å². The molecule has 1 aliphatic heterocycles. The van der Waals surface area contributed by atoms with Crippen molar-refractivity contribution in [3.63, 3.8) is 0 Å². The number of quaternary nitrogens is 1. The molecule has 3 amide bonds. The van der Waals surface area contributed by atoms with Crippen molar-refractivity contribution in [1.82, 2.24) is 10.2 Å². The van der Waals surface area contributed by atoms with Crippen molar-refractivity contribution in [3.05, 3.63) is 71.3 Å². The molecule has 0 aromatic heterocycles. The molecule has 0 unspecified atom stereocenters. The Morgan fingerprint density at radius 2 is 1.50 bits per heavy atom. The van der Waals surface area contributed by atoms with Gasteiger partial charge in [0.1, 0.15) is 19.1 Å². The van der Waals surface area contributed by atoms with Gasteiger partial charge in [-0.3, -0.25) is 19.3 Å². The van der Waals surface area contributed by atoms with E-state index in [2.05, 4.69) is 5.32 Å². The maximum atomic E-state index is 12.5. The fourth-order valence-electron chi connectivity index (χ4n) is 3.11. The molecule has 1 atom stereocenters. The quantitative estimate of drug-likeness (QED) is 0.734. The lowest BCUT2D eigenvalue weighted by Crippen LogP contribution is -3.06. The third-order valence-corrected chi connectivity index (χ3v) is 4.33. The van der Waals surface area contributed by atoms with E-state index in [4.69, 9.17) is 0 Å². The van der Waals surface area contributed by atoms with Crippen LogP contribution in [0.2, 0.25) is 0 Å². The first-order valence-corrected chi connectivity index (χ1v) is 8.56. The van der Waals surface area contributed by atoms with E-state index < -0.39 is 11.8 Å². The lowest BCUT2D eigenvalue weighted by molar-refractivity contribution is -0.860. The van der Waals surface area contributed by atoms with E-state index >= 15 is 0 Å². The van der Waals surface area contributed by atoms with Gasteiger partial charge in [0.15, 0.2) is 0 Å². The largest absolute Gasteiger partial charge is 0.342 e. The summed E-state index contributed by atoms with van der Waals surface area (Å²) in [6.07, 6.45) is 0. The third-order valence-electron chi connectivity index (χ3n) is 4.33. The van der Waals surface area contributed by atoms with Crippen molar-refractivity contribution in [1.29, 1.82) is 0 Å². The van der Waals surface area contributed by atoms with Crippen molar-refractivity contribution in [3.8, 4) is 0 Å². The molecule has 2 N–H and O–H groups in total. The number of nitrogens with one attached hydrogen (secondary N) is 2. The molecule has 0 aliphatic carbocycles. The monoisotopic (exact) mass is 352 g/mol. The van der Waals surface area contributed by atoms with Gasteiger partial charge < -0.3 is 10.2 Å². The summed E-state index contributed by atoms with van der Waals surface area (Å²) in [5.74, 6) is -1.19. The average molecular weight is 352 g/mol. The van der Waals surface area contributed by atoms with Crippen molar-refractivity contribution >= 4 is 17.7 Å². The molecule has 6 nitrogen and oxygen atoms in total. The number of rotatable bonds is 6. The minimum Gasteiger partial charge on any atom is -0.342 e. The highest BCUT2D eigenvalue weighted by Gasteiger charge is 2.36. The van der Waals surface area contributed by atoms with E-state index in [9.17, 15) is 14.4 Å². The number of nitrogens with zero attached hydrogens (tertiary/aromatic N) is 1. The Balaban J connectivity index is 1.71. The number of amides is 3. The lowest BCUT2D eigenvalue weighted by atomic mass is 10.1. The Morgan fingerprint density at radius 1 is 0.962 bits per heavy atom. The second-order valence-electron chi connectivity index (χ2n) is 6.68. The number of hydrogen-bond acceptors (Lipinski definition) is 3. The molecule has 3 rings (SSSR count). The first-order valence-electron chi connectivity index (χ1n) is 8.56. The minimum absolute atomic E-state index is 0.191. The molecule has 1 aliphatic rings. The minimum atomic E-state index is -0.421. The average Bonchev–Trinajstić information content (AvgIpc) is 2.87. The molecule has 0 radical (unpaired) electrons. The van der Waals surface area contributed by atoms with Crippen LogP contribution in [0.25, 0.3) is 0 Å². The second kappa shape index (κ2) is 7.49. The number of hydrogen-bond donors (Lipinski definition) is 2. The molecule has 2 aromatic carbocycles. The van der Waals surface area contributed by atoms with Crippen molar-refractivity contribution in [2.24, 2.45) is 0 Å². The zero-order valence-corrected chi connectivity index (χ0v) is 14.9. The van der Waals surface area contributed by atoms with Gasteiger partial charge in [0.25, 0.3) is 11.8 Å². The molecular weight excluding hydrogens is 330 g/mol. The van der Waals surface area contributed by atoms with Crippen molar-refractivity contribution in [2.75, 3.05) is 27.2 Å². The molecule has 2 aromatic rings. The summed E-state index contributed by atoms with van der Waals surface area (Å²) in [7, 11) is 4.01. The molecule has 134 valence electrons. The summed E-state index contributed by atoms with van der Waals surface area (Å²) in [6.45, 7) is 0.413. The third kappa shape index (κ3) is 3.65. The smallest absolute Gasteiger partial charge is 0.262 e. The summed E-state index contributed by atoms with van der Waals surface area (Å²) < 4.78 is 0. The van der Waals surface area contributed by atoms with Crippen LogP contribution in [0.4, 0.5) is 0 Å². The molecule has 0 saturated carbocycles. The number of imide groups is 1. The molecule has 0 spiro atoms. The van der Waals surface area contributed by atoms with Crippen LogP contribution in [0.5, 0.6) is 0 Å². The molecule has 1 heterocycles. The maximum Gasteiger partial charge on any atom is 0.262 e. The normalized spacial score (nSPS) is 14.5. The summed E-state index contributed by atoms with van der Waals surface area (Å²) in [6, 6.07) is 16.1. The Labute approximate surface area is 152 Å². The fraction of sp³-hybridized carbons (Fsp3) is 0.250. The van der Waals surface area contributed by atoms with Crippen LogP contribution in [-0.2, 0) is 4.79 Å². The highest BCUT2D eigenvalue weighted by molar-refractivity contribution is 6.22. The van der Waals surface area contributed by atoms with Crippen LogP contribution in [-0.4, -0.2) is 49.8 Å². The summed E-state index contributed by atoms with van der Waals surface area (Å²) >= 11 is 0. The van der Waals surface area contributed by atoms with E-state index in [0.29, 0.717) is 17.7 Å². The summed E-state index contributed by atoms with van der Waals surface area (Å²) in [4.78, 5) is 39.5. The highest BCUT2D eigenvalue weighted by Crippen LogP contribution is 2.22. The predicted molar refractivity (Wildman–Crippen MR) is 96.8 cm³/mol. The summed E-state index contributed by atoms with van der Waals surface area (Å²) in [5.41, 5.74) is 1.69. The topological polar surface area (TPSA) is 70.9 Å². The first-order chi connectivity index (χ1) is 12.5. The van der Waals surface area contributed by atoms with Crippen LogP contribution in [0.1, 0.15) is 32.3 Å². The molecule has 26 heavy (non-hydrogen) atoms. The van der Waals surface area contributed by atoms with E-state index in [1.54, 1.807) is 24.3 Å². The Morgan fingerprint density at radius 3 is 2.04 bits per heavy atom. The van der Waals surface area contributed by atoms with Gasteiger partial charge in [0, 0.05) is 0 Å². The van der Waals surface area contributed by atoms with Crippen LogP contribution >= 0.6 is 0 Å². The molecule has 6 heteroatoms. The summed E-state index contributed by atoms with van der Waals surface area (Å²) in [5, 5.41) is 2.95. The molecule has 0 saturated heterocycles. The van der Waals surface area contributed by atoms with Gasteiger partial charge in [0.05, 0.1) is 25.2 Å². The zero-order valence-electron chi connectivity index (χ0n) is 14.9. The Bertz CT molecular complexity index is 798. The number of benzene rings is 2. The zero-order chi connectivity index (χ0) is 18.7. The number of likely N-dealkylation sites (N-methyl/N-ethyl adjacent to an activating group) is 1. The van der Waals surface area contributed by atoms with E-state index in [-0.39, 0.29) is 18.5 Å². The Kier molecular flexibility index (Phi) is 5.14. The van der Waals surface area contributed by atoms with Crippen LogP contribution in [0.3, 0.4) is 0 Å². The first kappa shape index (κ1) is 17.8. The molecule has 0 fully saturated rings. The standard InChI is InChI=1S/C20H21N3O3/c1-22(2)12-17(14-8-4-3-5-9-14)21-18(24)13-23-19(25)15-10-6-7-11-16(15)20(23)26/h3-11,17H,12-13H2,1-2H3,(H,21,24)/p+1/t17-/m1/s1. The fourth-order valence-corrected chi connectivity index (χ4v) is 3.11. The van der Waals surface area contributed by atoms with Crippen LogP contribution in [0, 0.1) is 0 Å². The van der Waals surface area contributed by atoms with Gasteiger partial charge in [-0.15, -0.1) is 0 Å². The van der Waals surface area contributed by atoms with E-state index in [0.717, 1.165) is 10.5 Å². The van der Waals surface area contributed by atoms with Crippen molar-refractivity contribution in [2.45, 2.75) is 6.04 Å². The lowest BCUT2D eigenvalue weighted by Gasteiger charge is -2.22. The van der Waals surface area contributed by atoms with E-state index in [1.165, 1.54) is 4.90 Å².